The molecule has 0 unspecified atom stereocenters. The molecule has 0 aliphatic heterocycles. The summed E-state index contributed by atoms with van der Waals surface area (Å²) in [4.78, 5) is 2.33. The lowest BCUT2D eigenvalue weighted by atomic mass is 9.94. The predicted molar refractivity (Wildman–Crippen MR) is 177 cm³/mol. The van der Waals surface area contributed by atoms with Gasteiger partial charge in [0.2, 0.25) is 0 Å². The molecule has 8 aromatic rings. The maximum atomic E-state index is 6.38. The molecule has 0 amide bonds. The first-order chi connectivity index (χ1) is 20.8. The Morgan fingerprint density at radius 3 is 1.67 bits per heavy atom. The van der Waals surface area contributed by atoms with E-state index in [4.69, 9.17) is 4.42 Å². The van der Waals surface area contributed by atoms with Crippen molar-refractivity contribution in [1.29, 1.82) is 0 Å². The summed E-state index contributed by atoms with van der Waals surface area (Å²) in [7, 11) is 0. The highest BCUT2D eigenvalue weighted by Crippen LogP contribution is 2.43. The molecule has 1 heterocycles. The zero-order valence-electron chi connectivity index (χ0n) is 22.9. The van der Waals surface area contributed by atoms with Crippen molar-refractivity contribution in [2.75, 3.05) is 4.90 Å². The van der Waals surface area contributed by atoms with Gasteiger partial charge in [0.05, 0.1) is 0 Å². The second-order valence-corrected chi connectivity index (χ2v) is 10.6. The van der Waals surface area contributed by atoms with Crippen molar-refractivity contribution in [3.05, 3.63) is 164 Å². The van der Waals surface area contributed by atoms with Crippen LogP contribution in [0.2, 0.25) is 0 Å². The van der Waals surface area contributed by atoms with Gasteiger partial charge in [-0.15, -0.1) is 0 Å². The van der Waals surface area contributed by atoms with Crippen molar-refractivity contribution in [3.8, 4) is 22.3 Å². The highest BCUT2D eigenvalue weighted by atomic mass is 16.3. The van der Waals surface area contributed by atoms with Gasteiger partial charge in [-0.2, -0.15) is 0 Å². The van der Waals surface area contributed by atoms with Gasteiger partial charge in [0, 0.05) is 27.8 Å². The molecule has 0 aliphatic rings. The first-order valence-electron chi connectivity index (χ1n) is 14.3. The van der Waals surface area contributed by atoms with Crippen LogP contribution in [-0.2, 0) is 0 Å². The summed E-state index contributed by atoms with van der Waals surface area (Å²) < 4.78 is 6.38. The fraction of sp³-hybridized carbons (Fsp3) is 0. The summed E-state index contributed by atoms with van der Waals surface area (Å²) in [6.07, 6.45) is 0. The third kappa shape index (κ3) is 4.13. The molecule has 0 atom stereocenters. The molecule has 0 saturated carbocycles. The lowest BCUT2D eigenvalue weighted by Crippen LogP contribution is -2.09. The topological polar surface area (TPSA) is 16.4 Å². The Labute approximate surface area is 244 Å². The molecule has 1 aromatic heterocycles. The monoisotopic (exact) mass is 537 g/mol. The van der Waals surface area contributed by atoms with Gasteiger partial charge in [0.1, 0.15) is 11.2 Å². The molecule has 0 radical (unpaired) electrons. The van der Waals surface area contributed by atoms with Crippen molar-refractivity contribution >= 4 is 49.8 Å². The first-order valence-corrected chi connectivity index (χ1v) is 14.3. The van der Waals surface area contributed by atoms with E-state index < -0.39 is 0 Å². The van der Waals surface area contributed by atoms with Gasteiger partial charge in [0.25, 0.3) is 0 Å². The normalized spacial score (nSPS) is 11.3. The van der Waals surface area contributed by atoms with Gasteiger partial charge in [-0.25, -0.2) is 0 Å². The molecule has 8 rings (SSSR count). The zero-order chi connectivity index (χ0) is 27.9. The fourth-order valence-corrected chi connectivity index (χ4v) is 6.08. The Morgan fingerprint density at radius 1 is 0.357 bits per heavy atom. The highest BCUT2D eigenvalue weighted by molar-refractivity contribution is 6.22. The Bertz CT molecular complexity index is 2160. The molecule has 0 N–H and O–H groups in total. The van der Waals surface area contributed by atoms with Crippen LogP contribution in [0.3, 0.4) is 0 Å². The standard InChI is InChI=1S/C40H27NO/c1-4-12-28(13-5-1)29-20-22-32(23-21-29)41(31-16-8-3-9-17-31)33-24-25-34-37(26-33)36(30-14-6-2-7-15-30)27-39-40(34)35-18-10-11-19-38(35)42-39/h1-27H. The molecule has 7 aromatic carbocycles. The quantitative estimate of drug-likeness (QED) is 0.217. The van der Waals surface area contributed by atoms with Crippen LogP contribution in [0.5, 0.6) is 0 Å². The van der Waals surface area contributed by atoms with E-state index in [-0.39, 0.29) is 0 Å². The van der Waals surface area contributed by atoms with E-state index in [1.807, 2.05) is 12.1 Å². The molecule has 0 saturated heterocycles. The number of hydrogen-bond donors (Lipinski definition) is 0. The molecule has 0 bridgehead atoms. The second-order valence-electron chi connectivity index (χ2n) is 10.6. The number of para-hydroxylation sites is 2. The maximum Gasteiger partial charge on any atom is 0.136 e. The van der Waals surface area contributed by atoms with Crippen molar-refractivity contribution in [3.63, 3.8) is 0 Å². The van der Waals surface area contributed by atoms with Crippen molar-refractivity contribution in [2.24, 2.45) is 0 Å². The van der Waals surface area contributed by atoms with Crippen molar-refractivity contribution in [1.82, 2.24) is 0 Å². The molecule has 0 aliphatic carbocycles. The molecule has 198 valence electrons. The number of benzene rings is 7. The third-order valence-corrected chi connectivity index (χ3v) is 8.05. The minimum Gasteiger partial charge on any atom is -0.456 e. The number of rotatable bonds is 5. The fourth-order valence-electron chi connectivity index (χ4n) is 6.08. The SMILES string of the molecule is c1ccc(-c2ccc(N(c3ccccc3)c3ccc4c(c3)c(-c3ccccc3)cc3oc5ccccc5c34)cc2)cc1. The number of hydrogen-bond acceptors (Lipinski definition) is 2. The number of anilines is 3. The van der Waals surface area contributed by atoms with E-state index in [0.29, 0.717) is 0 Å². The molecular weight excluding hydrogens is 510 g/mol. The average Bonchev–Trinajstić information content (AvgIpc) is 3.45. The van der Waals surface area contributed by atoms with Gasteiger partial charge in [-0.1, -0.05) is 115 Å². The van der Waals surface area contributed by atoms with E-state index in [9.17, 15) is 0 Å². The Morgan fingerprint density at radius 2 is 0.929 bits per heavy atom. The zero-order valence-corrected chi connectivity index (χ0v) is 22.9. The van der Waals surface area contributed by atoms with Crippen molar-refractivity contribution in [2.45, 2.75) is 0 Å². The predicted octanol–water partition coefficient (Wildman–Crippen LogP) is 11.5. The number of nitrogens with zero attached hydrogens (tertiary/aromatic N) is 1. The lowest BCUT2D eigenvalue weighted by Gasteiger charge is -2.26. The van der Waals surface area contributed by atoms with Gasteiger partial charge in [-0.05, 0) is 81.6 Å². The van der Waals surface area contributed by atoms with Crippen LogP contribution in [0.4, 0.5) is 17.1 Å². The van der Waals surface area contributed by atoms with Crippen LogP contribution >= 0.6 is 0 Å². The van der Waals surface area contributed by atoms with Crippen LogP contribution in [0, 0.1) is 0 Å². The Balaban J connectivity index is 1.36. The van der Waals surface area contributed by atoms with Crippen LogP contribution in [0.1, 0.15) is 0 Å². The third-order valence-electron chi connectivity index (χ3n) is 8.05. The summed E-state index contributed by atoms with van der Waals surface area (Å²) in [5, 5.41) is 4.68. The largest absolute Gasteiger partial charge is 0.456 e. The number of fused-ring (bicyclic) bond motifs is 5. The molecule has 0 fully saturated rings. The van der Waals surface area contributed by atoms with Crippen molar-refractivity contribution < 1.29 is 4.42 Å². The average molecular weight is 538 g/mol. The van der Waals surface area contributed by atoms with Gasteiger partial charge in [0.15, 0.2) is 0 Å². The summed E-state index contributed by atoms with van der Waals surface area (Å²) in [6.45, 7) is 0. The van der Waals surface area contributed by atoms with Gasteiger partial charge < -0.3 is 9.32 Å². The molecule has 2 nitrogen and oxygen atoms in total. The van der Waals surface area contributed by atoms with Crippen LogP contribution < -0.4 is 4.90 Å². The maximum absolute atomic E-state index is 6.38. The highest BCUT2D eigenvalue weighted by Gasteiger charge is 2.18. The van der Waals surface area contributed by atoms with E-state index in [1.54, 1.807) is 0 Å². The van der Waals surface area contributed by atoms with E-state index >= 15 is 0 Å². The lowest BCUT2D eigenvalue weighted by molar-refractivity contribution is 0.669. The molecule has 2 heteroatoms. The molecule has 0 spiro atoms. The molecule has 42 heavy (non-hydrogen) atoms. The summed E-state index contributed by atoms with van der Waals surface area (Å²) in [5.74, 6) is 0. The number of furan rings is 1. The van der Waals surface area contributed by atoms with Crippen LogP contribution in [-0.4, -0.2) is 0 Å². The van der Waals surface area contributed by atoms with Gasteiger partial charge >= 0.3 is 0 Å². The summed E-state index contributed by atoms with van der Waals surface area (Å²) in [6, 6.07) is 57.9. The Kier molecular flexibility index (Phi) is 5.82. The Hall–Kier alpha value is -5.60. The first kappa shape index (κ1) is 24.2. The van der Waals surface area contributed by atoms with E-state index in [2.05, 4.69) is 157 Å². The van der Waals surface area contributed by atoms with E-state index in [1.165, 1.54) is 27.5 Å². The van der Waals surface area contributed by atoms with Crippen LogP contribution in [0.15, 0.2) is 168 Å². The smallest absolute Gasteiger partial charge is 0.136 e. The summed E-state index contributed by atoms with van der Waals surface area (Å²) in [5.41, 5.74) is 9.88. The second kappa shape index (κ2) is 10.1. The minimum atomic E-state index is 0.909. The van der Waals surface area contributed by atoms with Crippen LogP contribution in [0.25, 0.3) is 55.0 Å². The van der Waals surface area contributed by atoms with Gasteiger partial charge in [-0.3, -0.25) is 0 Å². The molecular formula is C40H27NO. The summed E-state index contributed by atoms with van der Waals surface area (Å²) >= 11 is 0. The minimum absolute atomic E-state index is 0.909. The van der Waals surface area contributed by atoms with E-state index in [0.717, 1.165) is 44.6 Å².